The van der Waals surface area contributed by atoms with Crippen molar-refractivity contribution in [3.05, 3.63) is 65.0 Å². The number of rotatable bonds is 7. The number of carbonyl (C=O) groups excluding carboxylic acids is 1. The summed E-state index contributed by atoms with van der Waals surface area (Å²) in [5.41, 5.74) is 0.567. The van der Waals surface area contributed by atoms with Crippen LogP contribution in [0, 0.1) is 4.77 Å². The number of nitrogens with zero attached hydrogens (tertiary/aromatic N) is 3. The summed E-state index contributed by atoms with van der Waals surface area (Å²) in [6.07, 6.45) is 3.92. The number of benzene rings is 1. The largest absolute Gasteiger partial charge is 0.456 e. The molecule has 3 aromatic rings. The number of pyridine rings is 1. The Bertz CT molecular complexity index is 919. The van der Waals surface area contributed by atoms with Gasteiger partial charge in [-0.15, -0.1) is 0 Å². The molecule has 1 amide bonds. The number of hydrogen-bond acceptors (Lipinski definition) is 5. The van der Waals surface area contributed by atoms with Crippen molar-refractivity contribution in [2.24, 2.45) is 0 Å². The quantitative estimate of drug-likeness (QED) is 0.625. The van der Waals surface area contributed by atoms with Crippen molar-refractivity contribution < 1.29 is 9.53 Å². The molecule has 0 fully saturated rings. The molecule has 0 aliphatic carbocycles. The molecule has 2 aromatic heterocycles. The van der Waals surface area contributed by atoms with Gasteiger partial charge in [0.15, 0.2) is 4.77 Å². The first-order valence-corrected chi connectivity index (χ1v) is 8.68. The minimum absolute atomic E-state index is 0.143. The fraction of sp³-hybridized carbons (Fsp3) is 0.222. The van der Waals surface area contributed by atoms with E-state index in [1.807, 2.05) is 17.6 Å². The second-order valence-corrected chi connectivity index (χ2v) is 5.90. The molecule has 0 atom stereocenters. The van der Waals surface area contributed by atoms with Crippen molar-refractivity contribution in [1.29, 1.82) is 0 Å². The number of carbonyl (C=O) groups is 1. The summed E-state index contributed by atoms with van der Waals surface area (Å²) in [5.74, 6) is 1.98. The molecule has 3 rings (SSSR count). The number of ether oxygens (including phenoxy) is 1. The van der Waals surface area contributed by atoms with Crippen LogP contribution in [0.5, 0.6) is 11.5 Å². The minimum Gasteiger partial charge on any atom is -0.456 e. The van der Waals surface area contributed by atoms with Crippen LogP contribution in [0.2, 0.25) is 0 Å². The van der Waals surface area contributed by atoms with Crippen LogP contribution in [0.3, 0.4) is 0 Å². The molecule has 2 N–H and O–H groups in total. The molecule has 7 nitrogen and oxygen atoms in total. The van der Waals surface area contributed by atoms with E-state index in [9.17, 15) is 4.79 Å². The lowest BCUT2D eigenvalue weighted by molar-refractivity contribution is 0.0954. The van der Waals surface area contributed by atoms with Crippen LogP contribution >= 0.6 is 12.2 Å². The molecule has 2 heterocycles. The van der Waals surface area contributed by atoms with Crippen molar-refractivity contribution in [3.8, 4) is 11.5 Å². The minimum atomic E-state index is -0.143. The highest BCUT2D eigenvalue weighted by molar-refractivity contribution is 7.71. The van der Waals surface area contributed by atoms with Gasteiger partial charge in [0, 0.05) is 31.3 Å². The Morgan fingerprint density at radius 1 is 1.27 bits per heavy atom. The Morgan fingerprint density at radius 3 is 2.77 bits per heavy atom. The van der Waals surface area contributed by atoms with Gasteiger partial charge in [-0.2, -0.15) is 5.10 Å². The summed E-state index contributed by atoms with van der Waals surface area (Å²) in [7, 11) is 0. The fourth-order valence-electron chi connectivity index (χ4n) is 2.48. The van der Waals surface area contributed by atoms with E-state index in [1.165, 1.54) is 0 Å². The van der Waals surface area contributed by atoms with Gasteiger partial charge in [0.05, 0.1) is 6.20 Å². The van der Waals surface area contributed by atoms with E-state index in [0.29, 0.717) is 34.8 Å². The van der Waals surface area contributed by atoms with Gasteiger partial charge >= 0.3 is 0 Å². The summed E-state index contributed by atoms with van der Waals surface area (Å²) in [6.45, 7) is 3.23. The maximum absolute atomic E-state index is 12.2. The van der Waals surface area contributed by atoms with Crippen molar-refractivity contribution in [1.82, 2.24) is 25.1 Å². The molecule has 0 spiro atoms. The van der Waals surface area contributed by atoms with Gasteiger partial charge in [-0.05, 0) is 55.5 Å². The van der Waals surface area contributed by atoms with Gasteiger partial charge < -0.3 is 14.6 Å². The number of hydrogen-bond donors (Lipinski definition) is 2. The van der Waals surface area contributed by atoms with Crippen LogP contribution in [0.1, 0.15) is 23.1 Å². The number of H-pyrrole nitrogens is 1. The molecule has 26 heavy (non-hydrogen) atoms. The van der Waals surface area contributed by atoms with Crippen molar-refractivity contribution >= 4 is 18.1 Å². The Hall–Kier alpha value is -3.00. The predicted molar refractivity (Wildman–Crippen MR) is 99.9 cm³/mol. The first-order chi connectivity index (χ1) is 12.7. The van der Waals surface area contributed by atoms with Gasteiger partial charge in [-0.3, -0.25) is 14.9 Å². The van der Waals surface area contributed by atoms with Crippen LogP contribution in [0.4, 0.5) is 0 Å². The smallest absolute Gasteiger partial charge is 0.251 e. The number of amides is 1. The fourth-order valence-corrected chi connectivity index (χ4v) is 2.76. The summed E-state index contributed by atoms with van der Waals surface area (Å²) < 4.78 is 8.17. The van der Waals surface area contributed by atoms with Crippen LogP contribution in [0.15, 0.2) is 48.8 Å². The molecule has 0 saturated carbocycles. The van der Waals surface area contributed by atoms with E-state index >= 15 is 0 Å². The molecule has 134 valence electrons. The lowest BCUT2D eigenvalue weighted by Gasteiger charge is -2.08. The van der Waals surface area contributed by atoms with E-state index in [4.69, 9.17) is 17.0 Å². The average Bonchev–Trinajstić information content (AvgIpc) is 3.02. The van der Waals surface area contributed by atoms with Crippen LogP contribution in [-0.2, 0) is 13.0 Å². The third kappa shape index (κ3) is 4.34. The van der Waals surface area contributed by atoms with Gasteiger partial charge in [0.1, 0.15) is 17.3 Å². The summed E-state index contributed by atoms with van der Waals surface area (Å²) in [4.78, 5) is 16.2. The SMILES string of the molecule is CCn1c(CCNC(=O)c2ccc(Oc3cccnc3)cc2)n[nH]c1=S. The second-order valence-electron chi connectivity index (χ2n) is 5.51. The van der Waals surface area contributed by atoms with E-state index in [0.717, 1.165) is 12.4 Å². The van der Waals surface area contributed by atoms with Gasteiger partial charge in [-0.25, -0.2) is 0 Å². The zero-order valence-electron chi connectivity index (χ0n) is 14.3. The zero-order valence-corrected chi connectivity index (χ0v) is 15.1. The van der Waals surface area contributed by atoms with Crippen LogP contribution in [0.25, 0.3) is 0 Å². The molecule has 0 aliphatic rings. The van der Waals surface area contributed by atoms with Crippen molar-refractivity contribution in [2.75, 3.05) is 6.54 Å². The maximum Gasteiger partial charge on any atom is 0.251 e. The van der Waals surface area contributed by atoms with Crippen molar-refractivity contribution in [3.63, 3.8) is 0 Å². The highest BCUT2D eigenvalue weighted by Crippen LogP contribution is 2.20. The molecule has 0 bridgehead atoms. The average molecular weight is 369 g/mol. The molecule has 0 aliphatic heterocycles. The van der Waals surface area contributed by atoms with Gasteiger partial charge in [-0.1, -0.05) is 0 Å². The lowest BCUT2D eigenvalue weighted by Crippen LogP contribution is -2.26. The standard InChI is InChI=1S/C18H19N5O2S/c1-2-23-16(21-22-18(23)26)9-11-20-17(24)13-5-7-14(8-6-13)25-15-4-3-10-19-12-15/h3-8,10,12H,2,9,11H2,1H3,(H,20,24)(H,22,26). The second kappa shape index (κ2) is 8.39. The first kappa shape index (κ1) is 17.8. The molecular weight excluding hydrogens is 350 g/mol. The molecular formula is C18H19N5O2S. The van der Waals surface area contributed by atoms with E-state index in [-0.39, 0.29) is 5.91 Å². The molecule has 1 aromatic carbocycles. The lowest BCUT2D eigenvalue weighted by atomic mass is 10.2. The third-order valence-corrected chi connectivity index (χ3v) is 4.09. The van der Waals surface area contributed by atoms with Crippen LogP contribution < -0.4 is 10.1 Å². The van der Waals surface area contributed by atoms with E-state index in [2.05, 4.69) is 20.5 Å². The van der Waals surface area contributed by atoms with E-state index in [1.54, 1.807) is 42.7 Å². The highest BCUT2D eigenvalue weighted by Gasteiger charge is 2.08. The molecule has 0 saturated heterocycles. The Labute approximate surface area is 156 Å². The summed E-state index contributed by atoms with van der Waals surface area (Å²) in [5, 5.41) is 9.84. The Morgan fingerprint density at radius 2 is 2.08 bits per heavy atom. The normalized spacial score (nSPS) is 10.5. The topological polar surface area (TPSA) is 84.8 Å². The maximum atomic E-state index is 12.2. The molecule has 8 heteroatoms. The molecule has 0 unspecified atom stereocenters. The third-order valence-electron chi connectivity index (χ3n) is 3.77. The molecule has 0 radical (unpaired) electrons. The number of aromatic nitrogens is 4. The zero-order chi connectivity index (χ0) is 18.4. The number of aromatic amines is 1. The summed E-state index contributed by atoms with van der Waals surface area (Å²) in [6, 6.07) is 10.6. The number of nitrogens with one attached hydrogen (secondary N) is 2. The highest BCUT2D eigenvalue weighted by atomic mass is 32.1. The van der Waals surface area contributed by atoms with Crippen LogP contribution in [-0.4, -0.2) is 32.2 Å². The first-order valence-electron chi connectivity index (χ1n) is 8.27. The van der Waals surface area contributed by atoms with E-state index < -0.39 is 0 Å². The van der Waals surface area contributed by atoms with Crippen molar-refractivity contribution in [2.45, 2.75) is 19.9 Å². The summed E-state index contributed by atoms with van der Waals surface area (Å²) >= 11 is 5.15. The Kier molecular flexibility index (Phi) is 5.75. The predicted octanol–water partition coefficient (Wildman–Crippen LogP) is 3.12. The van der Waals surface area contributed by atoms with Gasteiger partial charge in [0.2, 0.25) is 0 Å². The van der Waals surface area contributed by atoms with Gasteiger partial charge in [0.25, 0.3) is 5.91 Å². The monoisotopic (exact) mass is 369 g/mol. The Balaban J connectivity index is 1.54.